The number of hydrogen-bond acceptors (Lipinski definition) is 2. The van der Waals surface area contributed by atoms with Crippen LogP contribution in [0.25, 0.3) is 88.5 Å². The molecule has 0 aliphatic heterocycles. The highest BCUT2D eigenvalue weighted by Gasteiger charge is 2.51. The minimum absolute atomic E-state index is 0.374. The quantitative estimate of drug-likeness (QED) is 0.136. The summed E-state index contributed by atoms with van der Waals surface area (Å²) in [6.07, 6.45) is 0. The molecule has 2 heteroatoms. The number of nitrogens with zero attached hydrogens (tertiary/aromatic N) is 2. The van der Waals surface area contributed by atoms with Crippen molar-refractivity contribution in [2.24, 2.45) is 0 Å². The average molecular weight is 697 g/mol. The molecule has 2 aliphatic carbocycles. The van der Waals surface area contributed by atoms with Gasteiger partial charge in [-0.15, -0.1) is 0 Å². The Bertz CT molecular complexity index is 3170. The van der Waals surface area contributed by atoms with Gasteiger partial charge in [-0.25, -0.2) is 9.97 Å². The van der Waals surface area contributed by atoms with Crippen LogP contribution in [0.3, 0.4) is 0 Å². The third-order valence-corrected chi connectivity index (χ3v) is 12.1. The van der Waals surface area contributed by atoms with Crippen LogP contribution < -0.4 is 0 Å². The van der Waals surface area contributed by atoms with Crippen LogP contribution in [0.2, 0.25) is 0 Å². The van der Waals surface area contributed by atoms with Gasteiger partial charge < -0.3 is 0 Å². The maximum absolute atomic E-state index is 5.29. The van der Waals surface area contributed by atoms with E-state index in [0.717, 1.165) is 28.1 Å². The van der Waals surface area contributed by atoms with Gasteiger partial charge in [-0.05, 0) is 101 Å². The van der Waals surface area contributed by atoms with E-state index in [1.54, 1.807) is 0 Å². The Morgan fingerprint density at radius 2 is 0.873 bits per heavy atom. The summed E-state index contributed by atoms with van der Waals surface area (Å²) in [4.78, 5) is 10.6. The molecule has 55 heavy (non-hydrogen) atoms. The van der Waals surface area contributed by atoms with Gasteiger partial charge >= 0.3 is 0 Å². The van der Waals surface area contributed by atoms with Crippen molar-refractivity contribution in [3.8, 4) is 56.2 Å². The molecule has 0 atom stereocenters. The van der Waals surface area contributed by atoms with Crippen LogP contribution in [-0.4, -0.2) is 9.97 Å². The summed E-state index contributed by atoms with van der Waals surface area (Å²) < 4.78 is 0. The Kier molecular flexibility index (Phi) is 6.29. The van der Waals surface area contributed by atoms with Gasteiger partial charge in [0.2, 0.25) is 0 Å². The fourth-order valence-corrected chi connectivity index (χ4v) is 9.71. The first-order valence-corrected chi connectivity index (χ1v) is 19.0. The lowest BCUT2D eigenvalue weighted by atomic mass is 9.70. The lowest BCUT2D eigenvalue weighted by Gasteiger charge is -2.30. The molecular weight excluding hydrogens is 665 g/mol. The fraction of sp³-hybridized carbons (Fsp3) is 0.0189. The molecule has 0 bridgehead atoms. The maximum atomic E-state index is 5.29. The topological polar surface area (TPSA) is 25.8 Å². The summed E-state index contributed by atoms with van der Waals surface area (Å²) in [5, 5.41) is 7.38. The Morgan fingerprint density at radius 3 is 1.60 bits per heavy atom. The van der Waals surface area contributed by atoms with Crippen molar-refractivity contribution in [2.75, 3.05) is 0 Å². The zero-order valence-corrected chi connectivity index (χ0v) is 29.9. The lowest BCUT2D eigenvalue weighted by molar-refractivity contribution is 0.794. The summed E-state index contributed by atoms with van der Waals surface area (Å²) >= 11 is 0. The summed E-state index contributed by atoms with van der Waals surface area (Å²) in [5.41, 5.74) is 15.1. The average Bonchev–Trinajstić information content (AvgIpc) is 3.72. The number of fused-ring (bicyclic) bond motifs is 14. The molecule has 254 valence electrons. The zero-order valence-electron chi connectivity index (χ0n) is 29.9. The van der Waals surface area contributed by atoms with Crippen LogP contribution >= 0.6 is 0 Å². The molecular formula is C53H32N2. The molecule has 12 rings (SSSR count). The van der Waals surface area contributed by atoms with Crippen LogP contribution in [-0.2, 0) is 5.41 Å². The highest BCUT2D eigenvalue weighted by atomic mass is 14.9. The normalized spacial score (nSPS) is 13.2. The second-order valence-electron chi connectivity index (χ2n) is 14.9. The molecule has 0 radical (unpaired) electrons. The van der Waals surface area contributed by atoms with Gasteiger partial charge in [0, 0.05) is 16.7 Å². The van der Waals surface area contributed by atoms with Gasteiger partial charge in [-0.3, -0.25) is 0 Å². The van der Waals surface area contributed by atoms with E-state index in [2.05, 4.69) is 188 Å². The fourth-order valence-electron chi connectivity index (χ4n) is 9.71. The van der Waals surface area contributed by atoms with E-state index in [0.29, 0.717) is 5.82 Å². The second kappa shape index (κ2) is 11.4. The predicted octanol–water partition coefficient (Wildman–Crippen LogP) is 13.3. The van der Waals surface area contributed by atoms with Crippen molar-refractivity contribution in [1.82, 2.24) is 9.97 Å². The zero-order chi connectivity index (χ0) is 36.1. The van der Waals surface area contributed by atoms with Crippen LogP contribution in [0.1, 0.15) is 22.3 Å². The Morgan fingerprint density at radius 1 is 0.291 bits per heavy atom. The first-order valence-electron chi connectivity index (χ1n) is 19.0. The van der Waals surface area contributed by atoms with Crippen molar-refractivity contribution in [1.29, 1.82) is 0 Å². The molecule has 0 saturated carbocycles. The summed E-state index contributed by atoms with van der Waals surface area (Å²) in [7, 11) is 0. The third-order valence-electron chi connectivity index (χ3n) is 12.1. The number of hydrogen-bond donors (Lipinski definition) is 0. The van der Waals surface area contributed by atoms with E-state index in [1.165, 1.54) is 76.8 Å². The molecule has 10 aromatic rings. The largest absolute Gasteiger partial charge is 0.228 e. The van der Waals surface area contributed by atoms with Gasteiger partial charge in [-0.2, -0.15) is 0 Å². The van der Waals surface area contributed by atoms with E-state index < -0.39 is 0 Å². The Hall–Kier alpha value is -7.16. The second-order valence-corrected chi connectivity index (χ2v) is 14.9. The number of benzene rings is 9. The van der Waals surface area contributed by atoms with Gasteiger partial charge in [0.05, 0.1) is 16.8 Å². The van der Waals surface area contributed by atoms with Crippen LogP contribution in [0.4, 0.5) is 0 Å². The monoisotopic (exact) mass is 696 g/mol. The molecule has 0 N–H and O–H groups in total. The molecule has 0 fully saturated rings. The molecule has 1 spiro atoms. The van der Waals surface area contributed by atoms with Gasteiger partial charge in [0.15, 0.2) is 5.82 Å². The van der Waals surface area contributed by atoms with Crippen molar-refractivity contribution >= 4 is 32.3 Å². The number of rotatable bonds is 3. The summed E-state index contributed by atoms with van der Waals surface area (Å²) in [5.74, 6) is 0.716. The molecule has 1 aromatic heterocycles. The first-order chi connectivity index (χ1) is 27.3. The summed E-state index contributed by atoms with van der Waals surface area (Å²) in [6.45, 7) is 0. The van der Waals surface area contributed by atoms with Gasteiger partial charge in [0.1, 0.15) is 0 Å². The van der Waals surface area contributed by atoms with Crippen molar-refractivity contribution < 1.29 is 0 Å². The van der Waals surface area contributed by atoms with Gasteiger partial charge in [-0.1, -0.05) is 170 Å². The highest BCUT2D eigenvalue weighted by molar-refractivity contribution is 6.15. The molecule has 2 nitrogen and oxygen atoms in total. The van der Waals surface area contributed by atoms with E-state index >= 15 is 0 Å². The lowest BCUT2D eigenvalue weighted by Crippen LogP contribution is -2.25. The van der Waals surface area contributed by atoms with Crippen molar-refractivity contribution in [3.63, 3.8) is 0 Å². The third kappa shape index (κ3) is 4.25. The molecule has 0 unspecified atom stereocenters. The number of aromatic nitrogens is 2. The maximum Gasteiger partial charge on any atom is 0.160 e. The Balaban J connectivity index is 1.08. The first kappa shape index (κ1) is 30.3. The van der Waals surface area contributed by atoms with Crippen LogP contribution in [0.5, 0.6) is 0 Å². The van der Waals surface area contributed by atoms with Crippen LogP contribution in [0, 0.1) is 0 Å². The van der Waals surface area contributed by atoms with E-state index in [1.807, 2.05) is 6.07 Å². The highest BCUT2D eigenvalue weighted by Crippen LogP contribution is 2.63. The minimum atomic E-state index is -0.374. The van der Waals surface area contributed by atoms with Crippen LogP contribution in [0.15, 0.2) is 194 Å². The van der Waals surface area contributed by atoms with Crippen molar-refractivity contribution in [3.05, 3.63) is 216 Å². The summed E-state index contributed by atoms with van der Waals surface area (Å²) in [6, 6.07) is 70.8. The minimum Gasteiger partial charge on any atom is -0.228 e. The standard InChI is InChI=1S/C53H32N2/c1-2-13-33(14-3-1)52-54-50(32-51(55-52)43-21-12-20-38-39(43)27-25-36-29-34-15-4-5-16-35(34)30-44(36)38)37-26-28-49-45(31-37)42-19-8-11-24-48(42)53(49)46-22-9-6-17-40(46)41-18-7-10-23-47(41)53/h1-32H. The smallest absolute Gasteiger partial charge is 0.160 e. The molecule has 1 heterocycles. The van der Waals surface area contributed by atoms with E-state index in [4.69, 9.17) is 9.97 Å². The van der Waals surface area contributed by atoms with Crippen molar-refractivity contribution in [2.45, 2.75) is 5.41 Å². The molecule has 2 aliphatic rings. The van der Waals surface area contributed by atoms with E-state index in [9.17, 15) is 0 Å². The molecule has 0 amide bonds. The molecule has 0 saturated heterocycles. The molecule has 9 aromatic carbocycles. The Labute approximate surface area is 319 Å². The van der Waals surface area contributed by atoms with Gasteiger partial charge in [0.25, 0.3) is 0 Å². The predicted molar refractivity (Wildman–Crippen MR) is 227 cm³/mol. The van der Waals surface area contributed by atoms with E-state index in [-0.39, 0.29) is 5.41 Å². The SMILES string of the molecule is c1ccc(-c2nc(-c3ccc4c(c3)-c3ccccc3C43c4ccccc4-c4ccccc43)cc(-c3cccc4c3ccc3cc5ccccc5cc34)n2)cc1.